The van der Waals surface area contributed by atoms with Crippen LogP contribution in [0.5, 0.6) is 0 Å². The van der Waals surface area contributed by atoms with Crippen molar-refractivity contribution in [2.75, 3.05) is 5.32 Å². The molecule has 1 atom stereocenters. The van der Waals surface area contributed by atoms with Crippen molar-refractivity contribution in [2.45, 2.75) is 32.1 Å². The number of benzene rings is 1. The zero-order chi connectivity index (χ0) is 23.2. The Morgan fingerprint density at radius 1 is 1.09 bits per heavy atom. The Bertz CT molecular complexity index is 1520. The van der Waals surface area contributed by atoms with E-state index in [1.807, 2.05) is 37.4 Å². The molecule has 5 aromatic rings. The average Bonchev–Trinajstić information content (AvgIpc) is 3.45. The summed E-state index contributed by atoms with van der Waals surface area (Å²) in [7, 11) is 1.86. The molecule has 170 valence electrons. The Morgan fingerprint density at radius 2 is 2.00 bits per heavy atom. The minimum atomic E-state index is -0.168. The van der Waals surface area contributed by atoms with Gasteiger partial charge in [0.1, 0.15) is 17.5 Å². The van der Waals surface area contributed by atoms with Gasteiger partial charge in [0.25, 0.3) is 0 Å². The molecule has 0 saturated heterocycles. The Morgan fingerprint density at radius 3 is 2.82 bits per heavy atom. The lowest BCUT2D eigenvalue weighted by Gasteiger charge is -2.23. The summed E-state index contributed by atoms with van der Waals surface area (Å²) in [5.74, 6) is 2.36. The van der Waals surface area contributed by atoms with Gasteiger partial charge in [0.2, 0.25) is 5.95 Å². The third-order valence-corrected chi connectivity index (χ3v) is 6.44. The van der Waals surface area contributed by atoms with E-state index in [1.165, 1.54) is 5.69 Å². The molecule has 0 amide bonds. The molecule has 1 aliphatic rings. The molecule has 4 aromatic heterocycles. The topological polar surface area (TPSA) is 85.8 Å². The first-order chi connectivity index (χ1) is 16.5. The second kappa shape index (κ2) is 8.02. The molecule has 0 spiro atoms. The summed E-state index contributed by atoms with van der Waals surface area (Å²) in [5.41, 5.74) is 5.56. The molecule has 1 aliphatic heterocycles. The van der Waals surface area contributed by atoms with Gasteiger partial charge in [0.05, 0.1) is 11.9 Å². The first-order valence-electron chi connectivity index (χ1n) is 11.3. The second-order valence-electron chi connectivity index (χ2n) is 8.74. The van der Waals surface area contributed by atoms with E-state index in [4.69, 9.17) is 4.98 Å². The molecule has 0 bridgehead atoms. The quantitative estimate of drug-likeness (QED) is 0.424. The molecular formula is C25H23FN8. The van der Waals surface area contributed by atoms with Crippen LogP contribution in [0.15, 0.2) is 54.9 Å². The van der Waals surface area contributed by atoms with E-state index in [2.05, 4.69) is 36.1 Å². The molecule has 1 aromatic carbocycles. The van der Waals surface area contributed by atoms with Crippen LogP contribution in [-0.4, -0.2) is 34.3 Å². The lowest BCUT2D eigenvalue weighted by Crippen LogP contribution is -2.17. The number of aromatic nitrogens is 7. The Hall–Kier alpha value is -4.14. The van der Waals surface area contributed by atoms with Crippen molar-refractivity contribution in [3.8, 4) is 11.3 Å². The number of hydrogen-bond acceptors (Lipinski definition) is 6. The van der Waals surface area contributed by atoms with E-state index in [-0.39, 0.29) is 11.7 Å². The van der Waals surface area contributed by atoms with Crippen molar-refractivity contribution in [1.82, 2.24) is 34.3 Å². The van der Waals surface area contributed by atoms with Gasteiger partial charge in [-0.25, -0.2) is 14.4 Å². The van der Waals surface area contributed by atoms with Crippen LogP contribution in [0, 0.1) is 12.7 Å². The number of rotatable bonds is 5. The summed E-state index contributed by atoms with van der Waals surface area (Å²) in [4.78, 5) is 9.04. The van der Waals surface area contributed by atoms with Crippen LogP contribution in [0.3, 0.4) is 0 Å². The van der Waals surface area contributed by atoms with E-state index >= 15 is 0 Å². The van der Waals surface area contributed by atoms with E-state index < -0.39 is 0 Å². The monoisotopic (exact) mass is 454 g/mol. The Balaban J connectivity index is 1.31. The second-order valence-corrected chi connectivity index (χ2v) is 8.74. The molecule has 0 fully saturated rings. The fourth-order valence-electron chi connectivity index (χ4n) is 4.67. The highest BCUT2D eigenvalue weighted by Crippen LogP contribution is 2.33. The van der Waals surface area contributed by atoms with Crippen molar-refractivity contribution < 1.29 is 4.39 Å². The van der Waals surface area contributed by atoms with Crippen molar-refractivity contribution in [3.63, 3.8) is 0 Å². The average molecular weight is 455 g/mol. The third-order valence-electron chi connectivity index (χ3n) is 6.44. The highest BCUT2D eigenvalue weighted by molar-refractivity contribution is 5.66. The van der Waals surface area contributed by atoms with Crippen LogP contribution in [0.1, 0.15) is 35.0 Å². The van der Waals surface area contributed by atoms with Crippen LogP contribution in [-0.2, 0) is 19.9 Å². The molecule has 0 aliphatic carbocycles. The van der Waals surface area contributed by atoms with Gasteiger partial charge in [-0.15, -0.1) is 10.2 Å². The highest BCUT2D eigenvalue weighted by atomic mass is 19.1. The zero-order valence-electron chi connectivity index (χ0n) is 18.9. The van der Waals surface area contributed by atoms with Gasteiger partial charge in [-0.1, -0.05) is 12.1 Å². The lowest BCUT2D eigenvalue weighted by atomic mass is 9.90. The maximum absolute atomic E-state index is 13.7. The van der Waals surface area contributed by atoms with E-state index in [9.17, 15) is 4.39 Å². The smallest absolute Gasteiger partial charge is 0.228 e. The number of nitrogens with zero attached hydrogens (tertiary/aromatic N) is 7. The molecule has 1 N–H and O–H groups in total. The van der Waals surface area contributed by atoms with Crippen molar-refractivity contribution in [3.05, 3.63) is 83.3 Å². The minimum absolute atomic E-state index is 0.168. The third kappa shape index (κ3) is 3.59. The number of pyridine rings is 1. The fourth-order valence-corrected chi connectivity index (χ4v) is 4.67. The predicted octanol–water partition coefficient (Wildman–Crippen LogP) is 4.38. The number of anilines is 2. The van der Waals surface area contributed by atoms with E-state index in [0.29, 0.717) is 11.5 Å². The molecule has 8 nitrogen and oxygen atoms in total. The minimum Gasteiger partial charge on any atom is -0.309 e. The molecule has 34 heavy (non-hydrogen) atoms. The Labute approximate surface area is 195 Å². The first-order valence-corrected chi connectivity index (χ1v) is 11.3. The summed E-state index contributed by atoms with van der Waals surface area (Å²) in [5, 5.41) is 16.4. The molecular weight excluding hydrogens is 431 g/mol. The summed E-state index contributed by atoms with van der Waals surface area (Å²) in [6.07, 6.45) is 6.15. The largest absolute Gasteiger partial charge is 0.309 e. The summed E-state index contributed by atoms with van der Waals surface area (Å²) in [6, 6.07) is 13.3. The first kappa shape index (κ1) is 20.5. The van der Waals surface area contributed by atoms with Crippen LogP contribution in [0.4, 0.5) is 16.2 Å². The summed E-state index contributed by atoms with van der Waals surface area (Å²) >= 11 is 0. The van der Waals surface area contributed by atoms with Gasteiger partial charge < -0.3 is 5.32 Å². The van der Waals surface area contributed by atoms with Gasteiger partial charge in [-0.05, 0) is 61.6 Å². The summed E-state index contributed by atoms with van der Waals surface area (Å²) in [6.45, 7) is 1.80. The van der Waals surface area contributed by atoms with Crippen LogP contribution in [0.2, 0.25) is 0 Å². The van der Waals surface area contributed by atoms with Crippen LogP contribution >= 0.6 is 0 Å². The summed E-state index contributed by atoms with van der Waals surface area (Å²) < 4.78 is 17.6. The van der Waals surface area contributed by atoms with Gasteiger partial charge in [-0.2, -0.15) is 5.10 Å². The molecule has 9 heteroatoms. The van der Waals surface area contributed by atoms with Crippen molar-refractivity contribution >= 4 is 17.4 Å². The number of hydrogen-bond donors (Lipinski definition) is 1. The normalized spacial score (nSPS) is 15.1. The van der Waals surface area contributed by atoms with Gasteiger partial charge in [0.15, 0.2) is 5.65 Å². The van der Waals surface area contributed by atoms with Crippen LogP contribution < -0.4 is 5.32 Å². The number of nitrogens with one attached hydrogen (secondary N) is 1. The number of halogens is 1. The molecule has 6 rings (SSSR count). The van der Waals surface area contributed by atoms with Gasteiger partial charge >= 0.3 is 0 Å². The maximum Gasteiger partial charge on any atom is 0.228 e. The molecule has 1 unspecified atom stereocenters. The van der Waals surface area contributed by atoms with Crippen LogP contribution in [0.25, 0.3) is 16.9 Å². The Kier molecular flexibility index (Phi) is 4.83. The standard InChI is InChI=1S/C25H23FN8/c1-15-11-16(3-6-20(15)26)12-17-4-5-19-13-18(14-23-31-32-24(17)34(19)23)21-7-9-27-25(29-21)30-22-8-10-28-33(22)2/h3,6-11,13-14,17H,4-5,12H2,1-2H3,(H,27,29,30). The maximum atomic E-state index is 13.7. The lowest BCUT2D eigenvalue weighted by molar-refractivity contribution is 0.538. The zero-order valence-corrected chi connectivity index (χ0v) is 18.9. The van der Waals surface area contributed by atoms with Gasteiger partial charge in [0, 0.05) is 36.5 Å². The SMILES string of the molecule is Cc1cc(CC2CCc3cc(-c4ccnc(Nc5ccnn5C)n4)cc4nnc2n34)ccc1F. The van der Waals surface area contributed by atoms with Gasteiger partial charge in [-0.3, -0.25) is 9.08 Å². The van der Waals surface area contributed by atoms with Crippen molar-refractivity contribution in [2.24, 2.45) is 7.05 Å². The molecule has 0 saturated carbocycles. The fraction of sp³-hybridized carbons (Fsp3) is 0.240. The molecule has 5 heterocycles. The highest BCUT2D eigenvalue weighted by Gasteiger charge is 2.26. The predicted molar refractivity (Wildman–Crippen MR) is 126 cm³/mol. The van der Waals surface area contributed by atoms with E-state index in [0.717, 1.165) is 53.4 Å². The molecule has 0 radical (unpaired) electrons. The van der Waals surface area contributed by atoms with E-state index in [1.54, 1.807) is 30.1 Å². The van der Waals surface area contributed by atoms with Crippen molar-refractivity contribution in [1.29, 1.82) is 0 Å². The number of aryl methyl sites for hydroxylation is 3.